The molecule has 0 aliphatic carbocycles. The van der Waals surface area contributed by atoms with Gasteiger partial charge in [-0.15, -0.1) is 0 Å². The van der Waals surface area contributed by atoms with Gasteiger partial charge in [-0.1, -0.05) is 0 Å². The lowest BCUT2D eigenvalue weighted by Gasteiger charge is -2.35. The fourth-order valence-corrected chi connectivity index (χ4v) is 2.33. The van der Waals surface area contributed by atoms with Crippen molar-refractivity contribution in [3.63, 3.8) is 0 Å². The monoisotopic (exact) mass is 230 g/mol. The maximum Gasteiger partial charge on any atom is 0.305 e. The number of aliphatic hydroxyl groups is 1. The molecule has 0 aromatic rings. The van der Waals surface area contributed by atoms with Crippen molar-refractivity contribution in [1.82, 2.24) is 10.2 Å². The lowest BCUT2D eigenvalue weighted by atomic mass is 9.92. The molecule has 0 spiro atoms. The molecule has 2 atom stereocenters. The highest BCUT2D eigenvalue weighted by Crippen LogP contribution is 2.19. The van der Waals surface area contributed by atoms with Crippen LogP contribution in [0, 0.1) is 5.92 Å². The Morgan fingerprint density at radius 3 is 2.94 bits per heavy atom. The van der Waals surface area contributed by atoms with Crippen LogP contribution in [0.2, 0.25) is 0 Å². The van der Waals surface area contributed by atoms with Crippen LogP contribution < -0.4 is 5.32 Å². The van der Waals surface area contributed by atoms with Gasteiger partial charge in [0.1, 0.15) is 0 Å². The van der Waals surface area contributed by atoms with E-state index in [-0.39, 0.29) is 12.6 Å². The largest absolute Gasteiger partial charge is 0.469 e. The molecule has 0 bridgehead atoms. The first kappa shape index (κ1) is 13.4. The van der Waals surface area contributed by atoms with E-state index in [9.17, 15) is 4.79 Å². The van der Waals surface area contributed by atoms with Gasteiger partial charge in [-0.25, -0.2) is 0 Å². The van der Waals surface area contributed by atoms with Gasteiger partial charge in [0.25, 0.3) is 0 Å². The number of nitrogens with one attached hydrogen (secondary N) is 1. The Labute approximate surface area is 96.8 Å². The third-order valence-electron chi connectivity index (χ3n) is 2.95. The first-order valence-electron chi connectivity index (χ1n) is 5.75. The average Bonchev–Trinajstić information content (AvgIpc) is 2.25. The zero-order valence-electron chi connectivity index (χ0n) is 10.1. The van der Waals surface area contributed by atoms with E-state index >= 15 is 0 Å². The van der Waals surface area contributed by atoms with Crippen LogP contribution in [0.15, 0.2) is 0 Å². The van der Waals surface area contributed by atoms with E-state index < -0.39 is 0 Å². The minimum Gasteiger partial charge on any atom is -0.469 e. The quantitative estimate of drug-likeness (QED) is 0.621. The summed E-state index contributed by atoms with van der Waals surface area (Å²) in [5.74, 6) is 0.212. The zero-order chi connectivity index (χ0) is 12.0. The summed E-state index contributed by atoms with van der Waals surface area (Å²) in [6, 6.07) is 0.362. The highest BCUT2D eigenvalue weighted by atomic mass is 16.5. The maximum absolute atomic E-state index is 11.2. The Hall–Kier alpha value is -0.650. The number of rotatable bonds is 5. The van der Waals surface area contributed by atoms with Gasteiger partial charge < -0.3 is 20.1 Å². The number of likely N-dealkylation sites (tertiary alicyclic amines) is 1. The molecule has 1 fully saturated rings. The normalized spacial score (nSPS) is 26.7. The first-order valence-corrected chi connectivity index (χ1v) is 5.75. The van der Waals surface area contributed by atoms with Crippen molar-refractivity contribution in [1.29, 1.82) is 0 Å². The predicted molar refractivity (Wildman–Crippen MR) is 61.1 cm³/mol. The van der Waals surface area contributed by atoms with Crippen molar-refractivity contribution in [2.24, 2.45) is 5.92 Å². The molecule has 2 N–H and O–H groups in total. The second-order valence-electron chi connectivity index (χ2n) is 4.48. The van der Waals surface area contributed by atoms with Crippen LogP contribution in [0.1, 0.15) is 12.8 Å². The SMILES string of the molecule is COC(=O)CC1CC(NCCO)CN(C)C1. The molecule has 0 saturated carbocycles. The number of methoxy groups -OCH3 is 1. The number of piperidine rings is 1. The summed E-state index contributed by atoms with van der Waals surface area (Å²) >= 11 is 0. The summed E-state index contributed by atoms with van der Waals surface area (Å²) < 4.78 is 4.69. The molecule has 16 heavy (non-hydrogen) atoms. The number of hydrogen-bond acceptors (Lipinski definition) is 5. The summed E-state index contributed by atoms with van der Waals surface area (Å²) in [5, 5.41) is 12.0. The smallest absolute Gasteiger partial charge is 0.305 e. The van der Waals surface area contributed by atoms with Crippen LogP contribution in [0.3, 0.4) is 0 Å². The Bertz CT molecular complexity index is 223. The third kappa shape index (κ3) is 4.47. The molecule has 0 amide bonds. The number of carbonyl (C=O) groups excluding carboxylic acids is 1. The highest BCUT2D eigenvalue weighted by molar-refractivity contribution is 5.69. The topological polar surface area (TPSA) is 61.8 Å². The summed E-state index contributed by atoms with van der Waals surface area (Å²) in [7, 11) is 3.48. The highest BCUT2D eigenvalue weighted by Gasteiger charge is 2.26. The number of esters is 1. The van der Waals surface area contributed by atoms with E-state index in [4.69, 9.17) is 5.11 Å². The van der Waals surface area contributed by atoms with Gasteiger partial charge in [0.15, 0.2) is 0 Å². The third-order valence-corrected chi connectivity index (χ3v) is 2.95. The Balaban J connectivity index is 2.37. The van der Waals surface area contributed by atoms with E-state index in [1.54, 1.807) is 0 Å². The Morgan fingerprint density at radius 1 is 1.56 bits per heavy atom. The molecule has 1 aliphatic rings. The molecular weight excluding hydrogens is 208 g/mol. The summed E-state index contributed by atoms with van der Waals surface area (Å²) in [6.07, 6.45) is 1.46. The van der Waals surface area contributed by atoms with Crippen molar-refractivity contribution >= 4 is 5.97 Å². The molecular formula is C11H22N2O3. The van der Waals surface area contributed by atoms with E-state index in [1.165, 1.54) is 7.11 Å². The van der Waals surface area contributed by atoms with Crippen molar-refractivity contribution in [3.05, 3.63) is 0 Å². The fraction of sp³-hybridized carbons (Fsp3) is 0.909. The van der Waals surface area contributed by atoms with Crippen LogP contribution in [0.5, 0.6) is 0 Å². The van der Waals surface area contributed by atoms with Crippen LogP contribution in [0.4, 0.5) is 0 Å². The lowest BCUT2D eigenvalue weighted by molar-refractivity contribution is -0.142. The van der Waals surface area contributed by atoms with Gasteiger partial charge in [0, 0.05) is 32.1 Å². The second-order valence-corrected chi connectivity index (χ2v) is 4.48. The van der Waals surface area contributed by atoms with Crippen molar-refractivity contribution < 1.29 is 14.6 Å². The second kappa shape index (κ2) is 6.83. The molecule has 0 aromatic carbocycles. The van der Waals surface area contributed by atoms with Gasteiger partial charge in [-0.05, 0) is 19.4 Å². The minimum atomic E-state index is -0.138. The van der Waals surface area contributed by atoms with Gasteiger partial charge in [0.2, 0.25) is 0 Å². The van der Waals surface area contributed by atoms with E-state index in [1.807, 2.05) is 0 Å². The number of aliphatic hydroxyl groups excluding tert-OH is 1. The minimum absolute atomic E-state index is 0.138. The van der Waals surface area contributed by atoms with Crippen molar-refractivity contribution in [2.75, 3.05) is 40.4 Å². The van der Waals surface area contributed by atoms with Crippen LogP contribution in [-0.2, 0) is 9.53 Å². The van der Waals surface area contributed by atoms with Gasteiger partial charge in [0.05, 0.1) is 13.7 Å². The van der Waals surface area contributed by atoms with E-state index in [2.05, 4.69) is 22.0 Å². The fourth-order valence-electron chi connectivity index (χ4n) is 2.33. The summed E-state index contributed by atoms with van der Waals surface area (Å²) in [6.45, 7) is 2.68. The molecule has 1 saturated heterocycles. The zero-order valence-corrected chi connectivity index (χ0v) is 10.1. The van der Waals surface area contributed by atoms with Gasteiger partial charge in [-0.3, -0.25) is 4.79 Å². The van der Waals surface area contributed by atoms with Crippen LogP contribution in [0.25, 0.3) is 0 Å². The van der Waals surface area contributed by atoms with Crippen molar-refractivity contribution in [3.8, 4) is 0 Å². The summed E-state index contributed by atoms with van der Waals surface area (Å²) in [5.41, 5.74) is 0. The maximum atomic E-state index is 11.2. The van der Waals surface area contributed by atoms with Gasteiger partial charge in [-0.2, -0.15) is 0 Å². The van der Waals surface area contributed by atoms with Crippen LogP contribution in [-0.4, -0.2) is 62.4 Å². The number of nitrogens with zero attached hydrogens (tertiary/aromatic N) is 1. The standard InChI is InChI=1S/C11H22N2O3/c1-13-7-9(6-11(15)16-2)5-10(8-13)12-3-4-14/h9-10,12,14H,3-8H2,1-2H3. The molecule has 1 rings (SSSR count). The van der Waals surface area contributed by atoms with Gasteiger partial charge >= 0.3 is 5.97 Å². The number of carbonyl (C=O) groups is 1. The predicted octanol–water partition coefficient (Wildman–Crippen LogP) is -0.548. The molecule has 0 radical (unpaired) electrons. The lowest BCUT2D eigenvalue weighted by Crippen LogP contribution is -2.48. The molecule has 5 nitrogen and oxygen atoms in total. The molecule has 94 valence electrons. The summed E-state index contributed by atoms with van der Waals surface area (Å²) in [4.78, 5) is 13.4. The molecule has 2 unspecified atom stereocenters. The van der Waals surface area contributed by atoms with E-state index in [0.29, 0.717) is 24.9 Å². The average molecular weight is 230 g/mol. The van der Waals surface area contributed by atoms with E-state index in [0.717, 1.165) is 19.5 Å². The Kier molecular flexibility index (Phi) is 5.73. The van der Waals surface area contributed by atoms with Crippen molar-refractivity contribution in [2.45, 2.75) is 18.9 Å². The Morgan fingerprint density at radius 2 is 2.31 bits per heavy atom. The van der Waals surface area contributed by atoms with Crippen LogP contribution >= 0.6 is 0 Å². The number of ether oxygens (including phenoxy) is 1. The molecule has 1 aliphatic heterocycles. The molecule has 5 heteroatoms. The molecule has 1 heterocycles. The molecule has 0 aromatic heterocycles. The first-order chi connectivity index (χ1) is 7.65. The number of likely N-dealkylation sites (N-methyl/N-ethyl adjacent to an activating group) is 1. The number of hydrogen-bond donors (Lipinski definition) is 2.